The highest BCUT2D eigenvalue weighted by Crippen LogP contribution is 2.22. The van der Waals surface area contributed by atoms with Gasteiger partial charge < -0.3 is 9.84 Å². The number of rotatable bonds is 5. The molecule has 21 heavy (non-hydrogen) atoms. The van der Waals surface area contributed by atoms with Crippen LogP contribution in [-0.2, 0) is 19.6 Å². The summed E-state index contributed by atoms with van der Waals surface area (Å²) in [6, 6.07) is -0.107. The number of hydrogen-bond donors (Lipinski definition) is 1. The first-order chi connectivity index (χ1) is 9.86. The number of sulfonamides is 1. The third-order valence-electron chi connectivity index (χ3n) is 4.20. The van der Waals surface area contributed by atoms with Crippen LogP contribution in [0.25, 0.3) is 0 Å². The zero-order valence-electron chi connectivity index (χ0n) is 12.4. The summed E-state index contributed by atoms with van der Waals surface area (Å²) in [5.74, 6) is -0.556. The summed E-state index contributed by atoms with van der Waals surface area (Å²) in [5, 5.41) is 8.97. The van der Waals surface area contributed by atoms with E-state index < -0.39 is 16.0 Å². The number of nitrogens with zero attached hydrogens (tertiary/aromatic N) is 2. The summed E-state index contributed by atoms with van der Waals surface area (Å²) in [4.78, 5) is 13.1. The Kier molecular flexibility index (Phi) is 5.59. The second-order valence-electron chi connectivity index (χ2n) is 5.95. The molecule has 0 amide bonds. The molecule has 2 unspecified atom stereocenters. The molecule has 2 atom stereocenters. The van der Waals surface area contributed by atoms with Gasteiger partial charge in [0, 0.05) is 32.2 Å². The summed E-state index contributed by atoms with van der Waals surface area (Å²) >= 11 is 0. The van der Waals surface area contributed by atoms with Gasteiger partial charge in [0.25, 0.3) is 0 Å². The SMILES string of the molecule is CS(=O)(=O)N1CCCC(CN2CCOCC2CC(=O)O)C1. The zero-order valence-corrected chi connectivity index (χ0v) is 13.2. The molecule has 7 nitrogen and oxygen atoms in total. The van der Waals surface area contributed by atoms with Crippen molar-refractivity contribution in [1.82, 2.24) is 9.21 Å². The number of piperidine rings is 1. The van der Waals surface area contributed by atoms with Gasteiger partial charge in [-0.2, -0.15) is 0 Å². The molecule has 2 saturated heterocycles. The first-order valence-corrected chi connectivity index (χ1v) is 9.20. The molecule has 8 heteroatoms. The Labute approximate surface area is 125 Å². The molecule has 0 aromatic heterocycles. The lowest BCUT2D eigenvalue weighted by Gasteiger charge is -2.39. The summed E-state index contributed by atoms with van der Waals surface area (Å²) < 4.78 is 30.2. The van der Waals surface area contributed by atoms with Crippen molar-refractivity contribution in [3.63, 3.8) is 0 Å². The van der Waals surface area contributed by atoms with Gasteiger partial charge in [0.15, 0.2) is 0 Å². The minimum atomic E-state index is -3.14. The molecule has 0 saturated carbocycles. The Morgan fingerprint density at radius 1 is 1.38 bits per heavy atom. The quantitative estimate of drug-likeness (QED) is 0.757. The fraction of sp³-hybridized carbons (Fsp3) is 0.923. The van der Waals surface area contributed by atoms with Crippen LogP contribution in [0.1, 0.15) is 19.3 Å². The number of carboxylic acid groups (broad SMARTS) is 1. The second kappa shape index (κ2) is 7.04. The first kappa shape index (κ1) is 16.7. The largest absolute Gasteiger partial charge is 0.481 e. The third kappa shape index (κ3) is 4.91. The van der Waals surface area contributed by atoms with Crippen LogP contribution >= 0.6 is 0 Å². The van der Waals surface area contributed by atoms with E-state index in [1.54, 1.807) is 0 Å². The summed E-state index contributed by atoms with van der Waals surface area (Å²) in [6.45, 7) is 3.64. The summed E-state index contributed by atoms with van der Waals surface area (Å²) in [5.41, 5.74) is 0. The van der Waals surface area contributed by atoms with Crippen LogP contribution in [0.4, 0.5) is 0 Å². The topological polar surface area (TPSA) is 87.2 Å². The molecule has 0 radical (unpaired) electrons. The van der Waals surface area contributed by atoms with Crippen LogP contribution in [0.2, 0.25) is 0 Å². The van der Waals surface area contributed by atoms with Crippen molar-refractivity contribution < 1.29 is 23.1 Å². The van der Waals surface area contributed by atoms with Gasteiger partial charge in [0.05, 0.1) is 25.9 Å². The van der Waals surface area contributed by atoms with Crippen LogP contribution in [0, 0.1) is 5.92 Å². The van der Waals surface area contributed by atoms with E-state index in [0.29, 0.717) is 32.8 Å². The highest BCUT2D eigenvalue weighted by Gasteiger charge is 2.31. The van der Waals surface area contributed by atoms with E-state index in [1.807, 2.05) is 0 Å². The van der Waals surface area contributed by atoms with Crippen LogP contribution < -0.4 is 0 Å². The fourth-order valence-corrected chi connectivity index (χ4v) is 4.07. The molecule has 2 fully saturated rings. The normalized spacial score (nSPS) is 29.4. The molecule has 2 rings (SSSR count). The van der Waals surface area contributed by atoms with E-state index in [1.165, 1.54) is 10.6 Å². The van der Waals surface area contributed by atoms with E-state index in [9.17, 15) is 13.2 Å². The molecule has 0 aromatic rings. The Balaban J connectivity index is 1.93. The predicted octanol–water partition coefficient (Wildman–Crippen LogP) is -0.166. The fourth-order valence-electron chi connectivity index (χ4n) is 3.13. The van der Waals surface area contributed by atoms with Crippen LogP contribution in [-0.4, -0.2) is 80.4 Å². The third-order valence-corrected chi connectivity index (χ3v) is 5.47. The van der Waals surface area contributed by atoms with Gasteiger partial charge in [0.1, 0.15) is 0 Å². The van der Waals surface area contributed by atoms with Crippen molar-refractivity contribution in [3.05, 3.63) is 0 Å². The number of carbonyl (C=O) groups is 1. The molecule has 0 aliphatic carbocycles. The number of carboxylic acids is 1. The van der Waals surface area contributed by atoms with Gasteiger partial charge in [-0.05, 0) is 18.8 Å². The van der Waals surface area contributed by atoms with E-state index in [2.05, 4.69) is 4.90 Å². The number of aliphatic carboxylic acids is 1. The Morgan fingerprint density at radius 2 is 2.14 bits per heavy atom. The molecule has 0 bridgehead atoms. The Bertz CT molecular complexity index is 467. The monoisotopic (exact) mass is 320 g/mol. The molecule has 2 heterocycles. The lowest BCUT2D eigenvalue weighted by molar-refractivity contribution is -0.140. The van der Waals surface area contributed by atoms with Crippen molar-refractivity contribution in [2.45, 2.75) is 25.3 Å². The van der Waals surface area contributed by atoms with E-state index in [4.69, 9.17) is 9.84 Å². The molecular weight excluding hydrogens is 296 g/mol. The maximum atomic E-state index is 11.6. The van der Waals surface area contributed by atoms with Crippen molar-refractivity contribution in [2.24, 2.45) is 5.92 Å². The molecule has 0 aromatic carbocycles. The first-order valence-electron chi connectivity index (χ1n) is 7.35. The highest BCUT2D eigenvalue weighted by molar-refractivity contribution is 7.88. The van der Waals surface area contributed by atoms with Crippen LogP contribution in [0.15, 0.2) is 0 Å². The zero-order chi connectivity index (χ0) is 15.5. The predicted molar refractivity (Wildman–Crippen MR) is 77.6 cm³/mol. The minimum Gasteiger partial charge on any atom is -0.481 e. The van der Waals surface area contributed by atoms with Gasteiger partial charge >= 0.3 is 5.97 Å². The number of morpholine rings is 1. The van der Waals surface area contributed by atoms with E-state index in [0.717, 1.165) is 19.4 Å². The standard InChI is InChI=1S/C13H24N2O5S/c1-21(18,19)15-4-2-3-11(9-15)8-14-5-6-20-10-12(14)7-13(16)17/h11-12H,2-10H2,1H3,(H,16,17). The number of hydrogen-bond acceptors (Lipinski definition) is 5. The van der Waals surface area contributed by atoms with Gasteiger partial charge in [-0.1, -0.05) is 0 Å². The Morgan fingerprint density at radius 3 is 2.81 bits per heavy atom. The van der Waals surface area contributed by atoms with Gasteiger partial charge in [-0.3, -0.25) is 9.69 Å². The molecular formula is C13H24N2O5S. The highest BCUT2D eigenvalue weighted by atomic mass is 32.2. The molecule has 0 spiro atoms. The van der Waals surface area contributed by atoms with E-state index >= 15 is 0 Å². The lowest BCUT2D eigenvalue weighted by atomic mass is 9.97. The molecule has 122 valence electrons. The van der Waals surface area contributed by atoms with Gasteiger partial charge in [-0.25, -0.2) is 12.7 Å². The summed E-state index contributed by atoms with van der Waals surface area (Å²) in [6.07, 6.45) is 3.18. The van der Waals surface area contributed by atoms with E-state index in [-0.39, 0.29) is 18.4 Å². The van der Waals surface area contributed by atoms with Crippen molar-refractivity contribution in [3.8, 4) is 0 Å². The van der Waals surface area contributed by atoms with Crippen LogP contribution in [0.3, 0.4) is 0 Å². The molecule has 2 aliphatic heterocycles. The smallest absolute Gasteiger partial charge is 0.305 e. The Hall–Kier alpha value is -0.700. The minimum absolute atomic E-state index is 0.0719. The second-order valence-corrected chi connectivity index (χ2v) is 7.93. The maximum Gasteiger partial charge on any atom is 0.305 e. The van der Waals surface area contributed by atoms with Crippen molar-refractivity contribution >= 4 is 16.0 Å². The van der Waals surface area contributed by atoms with Crippen molar-refractivity contribution in [2.75, 3.05) is 45.6 Å². The lowest BCUT2D eigenvalue weighted by Crippen LogP contribution is -2.50. The average Bonchev–Trinajstić information content (AvgIpc) is 2.40. The summed E-state index contributed by atoms with van der Waals surface area (Å²) in [7, 11) is -3.14. The van der Waals surface area contributed by atoms with Crippen molar-refractivity contribution in [1.29, 1.82) is 0 Å². The van der Waals surface area contributed by atoms with Crippen LogP contribution in [0.5, 0.6) is 0 Å². The average molecular weight is 320 g/mol. The molecule has 1 N–H and O–H groups in total. The maximum absolute atomic E-state index is 11.6. The number of ether oxygens (including phenoxy) is 1. The van der Waals surface area contributed by atoms with Gasteiger partial charge in [0.2, 0.25) is 10.0 Å². The van der Waals surface area contributed by atoms with Gasteiger partial charge in [-0.15, -0.1) is 0 Å². The molecule has 2 aliphatic rings.